The number of aryl methyl sites for hydroxylation is 2. The molecule has 0 saturated heterocycles. The predicted molar refractivity (Wildman–Crippen MR) is 82.0 cm³/mol. The minimum absolute atomic E-state index is 0.676. The monoisotopic (exact) mass is 280 g/mol. The van der Waals surface area contributed by atoms with Crippen LogP contribution < -0.4 is 0 Å². The van der Waals surface area contributed by atoms with E-state index in [1.54, 1.807) is 0 Å². The molecule has 0 radical (unpaired) electrons. The van der Waals surface area contributed by atoms with Gasteiger partial charge >= 0.3 is 0 Å². The lowest BCUT2D eigenvalue weighted by atomic mass is 10.0. The van der Waals surface area contributed by atoms with Crippen molar-refractivity contribution < 1.29 is 0 Å². The molecule has 0 unspecified atom stereocenters. The topological polar surface area (TPSA) is 38.5 Å². The van der Waals surface area contributed by atoms with Gasteiger partial charge in [0.15, 0.2) is 10.4 Å². The zero-order valence-electron chi connectivity index (χ0n) is 12.4. The lowest BCUT2D eigenvalue weighted by Gasteiger charge is -2.13. The third kappa shape index (κ3) is 2.61. The van der Waals surface area contributed by atoms with Crippen LogP contribution in [0.1, 0.15) is 45.7 Å². The van der Waals surface area contributed by atoms with Crippen molar-refractivity contribution in [2.24, 2.45) is 13.0 Å². The van der Waals surface area contributed by atoms with Crippen molar-refractivity contribution in [3.8, 4) is 0 Å². The molecule has 5 heteroatoms. The fraction of sp³-hybridized carbons (Fsp3) is 0.714. The van der Waals surface area contributed by atoms with Gasteiger partial charge < -0.3 is 9.55 Å². The van der Waals surface area contributed by atoms with E-state index in [9.17, 15) is 0 Å². The number of nitrogens with zero attached hydrogens (tertiary/aromatic N) is 3. The van der Waals surface area contributed by atoms with Gasteiger partial charge in [-0.3, -0.25) is 4.68 Å². The SMILES string of the molecule is CCCc1nn(C)c2c1[nH]c(=S)n2CC(CC)CC. The molecular weight excluding hydrogens is 256 g/mol. The number of hydrogen-bond acceptors (Lipinski definition) is 2. The van der Waals surface area contributed by atoms with Gasteiger partial charge in [0.05, 0.1) is 5.69 Å². The number of rotatable bonds is 6. The maximum absolute atomic E-state index is 5.49. The van der Waals surface area contributed by atoms with Crippen molar-refractivity contribution in [2.75, 3.05) is 0 Å². The lowest BCUT2D eigenvalue weighted by Crippen LogP contribution is -2.11. The highest BCUT2D eigenvalue weighted by atomic mass is 32.1. The Kier molecular flexibility index (Phi) is 4.45. The van der Waals surface area contributed by atoms with Crippen LogP contribution in [0.15, 0.2) is 0 Å². The fourth-order valence-corrected chi connectivity index (χ4v) is 2.93. The second kappa shape index (κ2) is 5.90. The van der Waals surface area contributed by atoms with E-state index in [1.807, 2.05) is 11.7 Å². The molecule has 2 aromatic rings. The van der Waals surface area contributed by atoms with Crippen LogP contribution >= 0.6 is 12.2 Å². The van der Waals surface area contributed by atoms with Gasteiger partial charge in [-0.2, -0.15) is 5.10 Å². The number of hydrogen-bond donors (Lipinski definition) is 1. The largest absolute Gasteiger partial charge is 0.328 e. The van der Waals surface area contributed by atoms with E-state index in [1.165, 1.54) is 12.8 Å². The third-order valence-electron chi connectivity index (χ3n) is 3.90. The van der Waals surface area contributed by atoms with E-state index in [2.05, 4.69) is 35.4 Å². The maximum Gasteiger partial charge on any atom is 0.179 e. The summed E-state index contributed by atoms with van der Waals surface area (Å²) in [6.07, 6.45) is 4.47. The van der Waals surface area contributed by atoms with E-state index in [4.69, 9.17) is 12.2 Å². The summed E-state index contributed by atoms with van der Waals surface area (Å²) in [5.41, 5.74) is 3.40. The average molecular weight is 280 g/mol. The Morgan fingerprint density at radius 2 is 1.95 bits per heavy atom. The van der Waals surface area contributed by atoms with Crippen LogP contribution in [-0.4, -0.2) is 19.3 Å². The van der Waals surface area contributed by atoms with Crippen LogP contribution in [0.4, 0.5) is 0 Å². The van der Waals surface area contributed by atoms with Gasteiger partial charge in [-0.15, -0.1) is 0 Å². The minimum atomic E-state index is 0.676. The summed E-state index contributed by atoms with van der Waals surface area (Å²) in [5, 5.41) is 4.62. The van der Waals surface area contributed by atoms with E-state index < -0.39 is 0 Å². The number of aromatic nitrogens is 4. The number of nitrogens with one attached hydrogen (secondary N) is 1. The second-order valence-corrected chi connectivity index (χ2v) is 5.63. The second-order valence-electron chi connectivity index (χ2n) is 5.24. The first-order valence-corrected chi connectivity index (χ1v) is 7.67. The normalized spacial score (nSPS) is 11.8. The molecule has 0 spiro atoms. The molecular formula is C14H24N4S. The summed E-state index contributed by atoms with van der Waals surface area (Å²) in [6, 6.07) is 0. The van der Waals surface area contributed by atoms with Gasteiger partial charge in [0.2, 0.25) is 0 Å². The van der Waals surface area contributed by atoms with Crippen molar-refractivity contribution >= 4 is 23.4 Å². The van der Waals surface area contributed by atoms with E-state index in [0.717, 1.165) is 41.0 Å². The van der Waals surface area contributed by atoms with Gasteiger partial charge in [-0.1, -0.05) is 40.0 Å². The van der Waals surface area contributed by atoms with Gasteiger partial charge in [0.1, 0.15) is 5.52 Å². The molecule has 0 saturated carbocycles. The van der Waals surface area contributed by atoms with Gasteiger partial charge in [-0.25, -0.2) is 0 Å². The quantitative estimate of drug-likeness (QED) is 0.817. The lowest BCUT2D eigenvalue weighted by molar-refractivity contribution is 0.418. The first-order valence-electron chi connectivity index (χ1n) is 7.26. The number of H-pyrrole nitrogens is 1. The Labute approximate surface area is 119 Å². The Morgan fingerprint density at radius 1 is 1.26 bits per heavy atom. The van der Waals surface area contributed by atoms with Gasteiger partial charge in [-0.05, 0) is 24.6 Å². The van der Waals surface area contributed by atoms with E-state index >= 15 is 0 Å². The smallest absolute Gasteiger partial charge is 0.179 e. The first-order chi connectivity index (χ1) is 9.12. The molecule has 0 aliphatic carbocycles. The van der Waals surface area contributed by atoms with Crippen LogP contribution in [0.25, 0.3) is 11.2 Å². The van der Waals surface area contributed by atoms with Crippen LogP contribution in [0, 0.1) is 10.7 Å². The highest BCUT2D eigenvalue weighted by Gasteiger charge is 2.16. The standard InChI is InChI=1S/C14H24N4S/c1-5-8-11-12-13(17(4)16-11)18(14(19)15-12)9-10(6-2)7-3/h10H,5-9H2,1-4H3,(H,15,19). The molecule has 2 rings (SSSR count). The Morgan fingerprint density at radius 3 is 2.53 bits per heavy atom. The average Bonchev–Trinajstić information content (AvgIpc) is 2.86. The molecule has 0 aliphatic heterocycles. The molecule has 1 N–H and O–H groups in total. The third-order valence-corrected chi connectivity index (χ3v) is 4.23. The number of fused-ring (bicyclic) bond motifs is 1. The summed E-state index contributed by atoms with van der Waals surface area (Å²) in [4.78, 5) is 3.35. The van der Waals surface area contributed by atoms with Gasteiger partial charge in [0, 0.05) is 13.6 Å². The molecule has 4 nitrogen and oxygen atoms in total. The number of aromatic amines is 1. The van der Waals surface area contributed by atoms with Crippen LogP contribution in [-0.2, 0) is 20.0 Å². The molecule has 0 fully saturated rings. The van der Waals surface area contributed by atoms with Crippen molar-refractivity contribution in [3.63, 3.8) is 0 Å². The first kappa shape index (κ1) is 14.3. The molecule has 0 aromatic carbocycles. The Hall–Kier alpha value is -1.10. The van der Waals surface area contributed by atoms with Crippen molar-refractivity contribution in [1.82, 2.24) is 19.3 Å². The molecule has 106 valence electrons. The highest BCUT2D eigenvalue weighted by molar-refractivity contribution is 7.71. The van der Waals surface area contributed by atoms with E-state index in [-0.39, 0.29) is 0 Å². The van der Waals surface area contributed by atoms with E-state index in [0.29, 0.717) is 5.92 Å². The molecule has 0 aliphatic rings. The Bertz CT molecular complexity index is 601. The molecule has 2 aromatic heterocycles. The van der Waals surface area contributed by atoms with Crippen LogP contribution in [0.5, 0.6) is 0 Å². The summed E-state index contributed by atoms with van der Waals surface area (Å²) in [6.45, 7) is 7.65. The fourth-order valence-electron chi connectivity index (χ4n) is 2.66. The molecule has 0 bridgehead atoms. The van der Waals surface area contributed by atoms with Crippen LogP contribution in [0.2, 0.25) is 0 Å². The van der Waals surface area contributed by atoms with Gasteiger partial charge in [0.25, 0.3) is 0 Å². The Balaban J connectivity index is 2.49. The summed E-state index contributed by atoms with van der Waals surface area (Å²) in [5.74, 6) is 0.676. The van der Waals surface area contributed by atoms with Crippen molar-refractivity contribution in [3.05, 3.63) is 10.5 Å². The predicted octanol–water partition coefficient (Wildman–Crippen LogP) is 3.82. The summed E-state index contributed by atoms with van der Waals surface area (Å²) in [7, 11) is 2.01. The number of imidazole rings is 1. The summed E-state index contributed by atoms with van der Waals surface area (Å²) >= 11 is 5.49. The van der Waals surface area contributed by atoms with Crippen molar-refractivity contribution in [1.29, 1.82) is 0 Å². The maximum atomic E-state index is 5.49. The molecule has 19 heavy (non-hydrogen) atoms. The van der Waals surface area contributed by atoms with Crippen molar-refractivity contribution in [2.45, 2.75) is 53.0 Å². The molecule has 0 atom stereocenters. The molecule has 2 heterocycles. The zero-order chi connectivity index (χ0) is 14.0. The molecule has 0 amide bonds. The summed E-state index contributed by atoms with van der Waals surface area (Å²) < 4.78 is 5.01. The van der Waals surface area contributed by atoms with Crippen LogP contribution in [0.3, 0.4) is 0 Å². The zero-order valence-corrected chi connectivity index (χ0v) is 13.2. The highest BCUT2D eigenvalue weighted by Crippen LogP contribution is 2.21. The minimum Gasteiger partial charge on any atom is -0.328 e.